The second kappa shape index (κ2) is 9.82. The van der Waals surface area contributed by atoms with Gasteiger partial charge >= 0.3 is 0 Å². The Kier molecular flexibility index (Phi) is 6.87. The summed E-state index contributed by atoms with van der Waals surface area (Å²) in [4.78, 5) is 14.7. The summed E-state index contributed by atoms with van der Waals surface area (Å²) >= 11 is 1.68. The van der Waals surface area contributed by atoms with Gasteiger partial charge in [-0.1, -0.05) is 35.3 Å². The van der Waals surface area contributed by atoms with Crippen LogP contribution in [0.1, 0.15) is 31.9 Å². The van der Waals surface area contributed by atoms with Gasteiger partial charge in [-0.2, -0.15) is 0 Å². The van der Waals surface area contributed by atoms with Crippen molar-refractivity contribution in [2.45, 2.75) is 27.4 Å². The Morgan fingerprint density at radius 2 is 1.88 bits per heavy atom. The van der Waals surface area contributed by atoms with Crippen molar-refractivity contribution in [1.29, 1.82) is 0 Å². The highest BCUT2D eigenvalue weighted by atomic mass is 32.1. The van der Waals surface area contributed by atoms with Gasteiger partial charge in [0, 0.05) is 55.1 Å². The number of ether oxygens (including phenoxy) is 1. The molecule has 0 amide bonds. The molecule has 1 aliphatic heterocycles. The maximum atomic E-state index is 6.11. The number of hydrogen-bond acceptors (Lipinski definition) is 7. The normalized spacial score (nSPS) is 14.6. The molecule has 4 rings (SSSR count). The third-order valence-electron chi connectivity index (χ3n) is 5.34. The molecule has 172 valence electrons. The van der Waals surface area contributed by atoms with Crippen molar-refractivity contribution in [2.75, 3.05) is 43.9 Å². The van der Waals surface area contributed by atoms with Crippen LogP contribution in [0.25, 0.3) is 10.4 Å². The van der Waals surface area contributed by atoms with Gasteiger partial charge in [0.25, 0.3) is 0 Å². The lowest BCUT2D eigenvalue weighted by atomic mass is 9.97. The summed E-state index contributed by atoms with van der Waals surface area (Å²) in [6.07, 6.45) is 3.69. The monoisotopic (exact) mass is 461 g/mol. The molecular weight excluding hydrogens is 430 g/mol. The van der Waals surface area contributed by atoms with E-state index in [1.54, 1.807) is 17.5 Å². The zero-order valence-corrected chi connectivity index (χ0v) is 20.6. The van der Waals surface area contributed by atoms with E-state index in [1.165, 1.54) is 0 Å². The standard InChI is InChI=1S/C26H31N5OS/c1-26(2,3)9-8-19-6-5-7-20(14-19)18-32-22-15-21(16-28-24(22)27)23-17-29-25(33-23)31-12-10-30(4)11-13-31/h5-7,14-17H,10-13,18H2,1-4H3,(H2,27,28). The number of nitrogens with zero attached hydrogens (tertiary/aromatic N) is 4. The van der Waals surface area contributed by atoms with E-state index >= 15 is 0 Å². The average Bonchev–Trinajstić information content (AvgIpc) is 3.28. The van der Waals surface area contributed by atoms with E-state index in [-0.39, 0.29) is 5.41 Å². The summed E-state index contributed by atoms with van der Waals surface area (Å²) < 4.78 is 6.05. The van der Waals surface area contributed by atoms with Crippen molar-refractivity contribution < 1.29 is 4.74 Å². The average molecular weight is 462 g/mol. The third kappa shape index (κ3) is 6.25. The number of rotatable bonds is 5. The number of anilines is 2. The van der Waals surface area contributed by atoms with Crippen LogP contribution in [0.15, 0.2) is 42.7 Å². The number of nitrogen functional groups attached to an aromatic ring is 1. The molecule has 1 aromatic carbocycles. The van der Waals surface area contributed by atoms with Crippen LogP contribution in [0, 0.1) is 17.3 Å². The zero-order chi connectivity index (χ0) is 23.4. The molecule has 3 heterocycles. The van der Waals surface area contributed by atoms with Crippen molar-refractivity contribution in [2.24, 2.45) is 5.41 Å². The fourth-order valence-electron chi connectivity index (χ4n) is 3.41. The Hall–Kier alpha value is -3.08. The fourth-order valence-corrected chi connectivity index (χ4v) is 4.36. The second-order valence-electron chi connectivity index (χ2n) is 9.39. The Labute approximate surface area is 200 Å². The molecule has 33 heavy (non-hydrogen) atoms. The van der Waals surface area contributed by atoms with Gasteiger partial charge in [-0.3, -0.25) is 0 Å². The minimum Gasteiger partial charge on any atom is -0.485 e. The van der Waals surface area contributed by atoms with E-state index in [2.05, 4.69) is 65.5 Å². The molecule has 0 atom stereocenters. The van der Waals surface area contributed by atoms with Crippen LogP contribution in [0.4, 0.5) is 10.9 Å². The van der Waals surface area contributed by atoms with Crippen LogP contribution in [-0.2, 0) is 6.61 Å². The van der Waals surface area contributed by atoms with Crippen molar-refractivity contribution in [3.63, 3.8) is 0 Å². The number of aromatic nitrogens is 2. The highest BCUT2D eigenvalue weighted by molar-refractivity contribution is 7.18. The Morgan fingerprint density at radius 1 is 1.09 bits per heavy atom. The number of piperazine rings is 1. The molecule has 1 aliphatic rings. The first-order valence-electron chi connectivity index (χ1n) is 11.2. The number of pyridine rings is 1. The molecule has 2 aromatic heterocycles. The van der Waals surface area contributed by atoms with Gasteiger partial charge in [-0.25, -0.2) is 9.97 Å². The van der Waals surface area contributed by atoms with Crippen LogP contribution >= 0.6 is 11.3 Å². The van der Waals surface area contributed by atoms with Gasteiger partial charge in [0.05, 0.1) is 4.88 Å². The number of benzene rings is 1. The van der Waals surface area contributed by atoms with Gasteiger partial charge < -0.3 is 20.3 Å². The van der Waals surface area contributed by atoms with E-state index in [0.29, 0.717) is 18.2 Å². The van der Waals surface area contributed by atoms with Crippen LogP contribution < -0.4 is 15.4 Å². The van der Waals surface area contributed by atoms with Crippen LogP contribution in [-0.4, -0.2) is 48.1 Å². The quantitative estimate of drug-likeness (QED) is 0.564. The third-order valence-corrected chi connectivity index (χ3v) is 6.44. The molecule has 7 heteroatoms. The smallest absolute Gasteiger partial charge is 0.185 e. The first-order chi connectivity index (χ1) is 15.8. The van der Waals surface area contributed by atoms with E-state index in [4.69, 9.17) is 10.5 Å². The summed E-state index contributed by atoms with van der Waals surface area (Å²) in [5.41, 5.74) is 9.05. The molecular formula is C26H31N5OS. The summed E-state index contributed by atoms with van der Waals surface area (Å²) in [5.74, 6) is 7.47. The van der Waals surface area contributed by atoms with Gasteiger partial charge in [0.2, 0.25) is 0 Å². The maximum absolute atomic E-state index is 6.11. The summed E-state index contributed by atoms with van der Waals surface area (Å²) in [7, 11) is 2.15. The van der Waals surface area contributed by atoms with Crippen LogP contribution in [0.3, 0.4) is 0 Å². The fraction of sp³-hybridized carbons (Fsp3) is 0.385. The lowest BCUT2D eigenvalue weighted by molar-refractivity contribution is 0.307. The molecule has 0 radical (unpaired) electrons. The minimum atomic E-state index is -0.0338. The van der Waals surface area contributed by atoms with Crippen molar-refractivity contribution in [1.82, 2.24) is 14.9 Å². The molecule has 1 saturated heterocycles. The predicted octanol–water partition coefficient (Wildman–Crippen LogP) is 4.52. The predicted molar refractivity (Wildman–Crippen MR) is 137 cm³/mol. The SMILES string of the molecule is CN1CCN(c2ncc(-c3cnc(N)c(OCc4cccc(C#CC(C)(C)C)c4)c3)s2)CC1. The van der Waals surface area contributed by atoms with E-state index in [9.17, 15) is 0 Å². The molecule has 2 N–H and O–H groups in total. The van der Waals surface area contributed by atoms with Crippen molar-refractivity contribution in [3.05, 3.63) is 53.9 Å². The molecule has 6 nitrogen and oxygen atoms in total. The van der Waals surface area contributed by atoms with Crippen molar-refractivity contribution in [3.8, 4) is 28.0 Å². The molecule has 0 spiro atoms. The van der Waals surface area contributed by atoms with Crippen LogP contribution in [0.5, 0.6) is 5.75 Å². The van der Waals surface area contributed by atoms with E-state index in [1.807, 2.05) is 30.5 Å². The molecule has 0 unspecified atom stereocenters. The highest BCUT2D eigenvalue weighted by Gasteiger charge is 2.18. The number of likely N-dealkylation sites (N-methyl/N-ethyl adjacent to an activating group) is 1. The number of hydrogen-bond donors (Lipinski definition) is 1. The number of thiazole rings is 1. The van der Waals surface area contributed by atoms with Gasteiger partial charge in [-0.05, 0) is 51.6 Å². The highest BCUT2D eigenvalue weighted by Crippen LogP contribution is 2.34. The lowest BCUT2D eigenvalue weighted by Gasteiger charge is -2.32. The Balaban J connectivity index is 1.46. The van der Waals surface area contributed by atoms with E-state index < -0.39 is 0 Å². The summed E-state index contributed by atoms with van der Waals surface area (Å²) in [5, 5.41) is 1.05. The lowest BCUT2D eigenvalue weighted by Crippen LogP contribution is -2.44. The molecule has 0 aliphatic carbocycles. The van der Waals surface area contributed by atoms with Gasteiger partial charge in [-0.15, -0.1) is 0 Å². The Bertz CT molecular complexity index is 1160. The Morgan fingerprint density at radius 3 is 2.64 bits per heavy atom. The maximum Gasteiger partial charge on any atom is 0.185 e. The summed E-state index contributed by atoms with van der Waals surface area (Å²) in [6.45, 7) is 10.8. The minimum absolute atomic E-state index is 0.0338. The molecule has 0 saturated carbocycles. The van der Waals surface area contributed by atoms with E-state index in [0.717, 1.165) is 52.9 Å². The second-order valence-corrected chi connectivity index (χ2v) is 10.4. The van der Waals surface area contributed by atoms with Crippen molar-refractivity contribution >= 4 is 22.3 Å². The molecule has 1 fully saturated rings. The number of nitrogens with two attached hydrogens (primary N) is 1. The first kappa shape index (κ1) is 23.1. The van der Waals surface area contributed by atoms with Crippen LogP contribution in [0.2, 0.25) is 0 Å². The molecule has 0 bridgehead atoms. The zero-order valence-electron chi connectivity index (χ0n) is 19.8. The van der Waals surface area contributed by atoms with Gasteiger partial charge in [0.15, 0.2) is 16.7 Å². The van der Waals surface area contributed by atoms with Gasteiger partial charge in [0.1, 0.15) is 6.61 Å². The first-order valence-corrected chi connectivity index (χ1v) is 12.0. The molecule has 3 aromatic rings. The summed E-state index contributed by atoms with van der Waals surface area (Å²) in [6, 6.07) is 10.0. The topological polar surface area (TPSA) is 67.5 Å². The largest absolute Gasteiger partial charge is 0.485 e.